The number of esters is 1. The van der Waals surface area contributed by atoms with Crippen LogP contribution in [0.3, 0.4) is 0 Å². The third-order valence-electron chi connectivity index (χ3n) is 3.26. The van der Waals surface area contributed by atoms with Crippen molar-refractivity contribution in [2.45, 2.75) is 16.8 Å². The van der Waals surface area contributed by atoms with E-state index < -0.39 is 18.5 Å². The minimum atomic E-state index is -0.663. The molecule has 3 aromatic rings. The van der Waals surface area contributed by atoms with Crippen molar-refractivity contribution in [1.82, 2.24) is 10.1 Å². The van der Waals surface area contributed by atoms with Gasteiger partial charge in [-0.2, -0.15) is 0 Å². The summed E-state index contributed by atoms with van der Waals surface area (Å²) in [6, 6.07) is 12.0. The summed E-state index contributed by atoms with van der Waals surface area (Å²) in [4.78, 5) is 29.2. The van der Waals surface area contributed by atoms with Gasteiger partial charge < -0.3 is 14.6 Å². The Hall–Kier alpha value is -2.84. The SMILES string of the molecule is Cc1cc(NC(=O)COC(=O)c2cccnc2Sc2ccccc2Cl)no1. The molecule has 0 radical (unpaired) electrons. The fourth-order valence-electron chi connectivity index (χ4n) is 2.07. The van der Waals surface area contributed by atoms with Gasteiger partial charge in [0.25, 0.3) is 5.91 Å². The van der Waals surface area contributed by atoms with Gasteiger partial charge >= 0.3 is 5.97 Å². The van der Waals surface area contributed by atoms with Crippen molar-refractivity contribution in [3.05, 3.63) is 65.0 Å². The van der Waals surface area contributed by atoms with Crippen molar-refractivity contribution in [3.8, 4) is 0 Å². The fraction of sp³-hybridized carbons (Fsp3) is 0.111. The van der Waals surface area contributed by atoms with Crippen molar-refractivity contribution in [2.24, 2.45) is 0 Å². The number of carbonyl (C=O) groups excluding carboxylic acids is 2. The van der Waals surface area contributed by atoms with E-state index in [0.717, 1.165) is 4.90 Å². The van der Waals surface area contributed by atoms with Crippen LogP contribution in [-0.2, 0) is 9.53 Å². The first-order valence-corrected chi connectivity index (χ1v) is 9.00. The standard InChI is InChI=1S/C18H14ClN3O4S/c1-11-9-15(22-26-11)21-16(23)10-25-18(24)12-5-4-8-20-17(12)27-14-7-3-2-6-13(14)19/h2-9H,10H2,1H3,(H,21,22,23). The lowest BCUT2D eigenvalue weighted by molar-refractivity contribution is -0.119. The summed E-state index contributed by atoms with van der Waals surface area (Å²) in [6.45, 7) is 1.24. The molecule has 9 heteroatoms. The van der Waals surface area contributed by atoms with Crippen molar-refractivity contribution in [1.29, 1.82) is 0 Å². The van der Waals surface area contributed by atoms with E-state index in [4.69, 9.17) is 20.9 Å². The number of pyridine rings is 1. The average molecular weight is 404 g/mol. The van der Waals surface area contributed by atoms with Gasteiger partial charge in [-0.15, -0.1) is 0 Å². The number of nitrogens with zero attached hydrogens (tertiary/aromatic N) is 2. The van der Waals surface area contributed by atoms with Crippen LogP contribution in [0.2, 0.25) is 5.02 Å². The topological polar surface area (TPSA) is 94.3 Å². The van der Waals surface area contributed by atoms with E-state index in [1.54, 1.807) is 37.4 Å². The largest absolute Gasteiger partial charge is 0.452 e. The van der Waals surface area contributed by atoms with Gasteiger partial charge in [0, 0.05) is 17.2 Å². The Balaban J connectivity index is 1.64. The second kappa shape index (κ2) is 8.70. The predicted molar refractivity (Wildman–Crippen MR) is 100.0 cm³/mol. The monoisotopic (exact) mass is 403 g/mol. The van der Waals surface area contributed by atoms with E-state index in [9.17, 15) is 9.59 Å². The van der Waals surface area contributed by atoms with Crippen molar-refractivity contribution in [3.63, 3.8) is 0 Å². The van der Waals surface area contributed by atoms with E-state index in [-0.39, 0.29) is 11.4 Å². The van der Waals surface area contributed by atoms with Crippen LogP contribution < -0.4 is 5.32 Å². The fourth-order valence-corrected chi connectivity index (χ4v) is 3.22. The molecule has 0 fully saturated rings. The van der Waals surface area contributed by atoms with Gasteiger partial charge in [-0.3, -0.25) is 4.79 Å². The Bertz CT molecular complexity index is 977. The number of anilines is 1. The van der Waals surface area contributed by atoms with Crippen LogP contribution in [0.1, 0.15) is 16.1 Å². The summed E-state index contributed by atoms with van der Waals surface area (Å²) >= 11 is 7.40. The molecule has 3 rings (SSSR count). The zero-order chi connectivity index (χ0) is 19.2. The quantitative estimate of drug-likeness (QED) is 0.622. The van der Waals surface area contributed by atoms with E-state index in [2.05, 4.69) is 15.5 Å². The zero-order valence-corrected chi connectivity index (χ0v) is 15.7. The lowest BCUT2D eigenvalue weighted by Crippen LogP contribution is -2.21. The highest BCUT2D eigenvalue weighted by molar-refractivity contribution is 7.99. The van der Waals surface area contributed by atoms with E-state index in [1.807, 2.05) is 18.2 Å². The molecule has 2 aromatic heterocycles. The van der Waals surface area contributed by atoms with Gasteiger partial charge in [-0.05, 0) is 31.2 Å². The van der Waals surface area contributed by atoms with Crippen LogP contribution in [0.25, 0.3) is 0 Å². The number of amides is 1. The average Bonchev–Trinajstić information content (AvgIpc) is 3.07. The molecule has 7 nitrogen and oxygen atoms in total. The number of hydrogen-bond acceptors (Lipinski definition) is 7. The summed E-state index contributed by atoms with van der Waals surface area (Å²) in [5.74, 6) is -0.381. The molecule has 0 aliphatic heterocycles. The van der Waals surface area contributed by atoms with Crippen molar-refractivity contribution < 1.29 is 18.8 Å². The van der Waals surface area contributed by atoms with Crippen molar-refractivity contribution in [2.75, 3.05) is 11.9 Å². The Morgan fingerprint density at radius 3 is 2.81 bits per heavy atom. The molecule has 0 aliphatic rings. The third kappa shape index (κ3) is 5.08. The molecule has 2 heterocycles. The molecular formula is C18H14ClN3O4S. The number of aromatic nitrogens is 2. The summed E-state index contributed by atoms with van der Waals surface area (Å²) in [5.41, 5.74) is 0.243. The van der Waals surface area contributed by atoms with Crippen LogP contribution in [0, 0.1) is 6.92 Å². The van der Waals surface area contributed by atoms with E-state index in [0.29, 0.717) is 15.8 Å². The van der Waals surface area contributed by atoms with Crippen LogP contribution in [0.15, 0.2) is 63.1 Å². The van der Waals surface area contributed by atoms with Crippen LogP contribution >= 0.6 is 23.4 Å². The van der Waals surface area contributed by atoms with Gasteiger partial charge in [-0.25, -0.2) is 9.78 Å². The molecule has 138 valence electrons. The first kappa shape index (κ1) is 18.9. The van der Waals surface area contributed by atoms with Crippen LogP contribution in [0.4, 0.5) is 5.82 Å². The predicted octanol–water partition coefficient (Wildman–Crippen LogP) is 3.98. The summed E-state index contributed by atoms with van der Waals surface area (Å²) in [7, 11) is 0. The highest BCUT2D eigenvalue weighted by Gasteiger charge is 2.17. The molecule has 0 saturated carbocycles. The molecule has 1 N–H and O–H groups in total. The summed E-state index contributed by atoms with van der Waals surface area (Å²) < 4.78 is 9.93. The maximum atomic E-state index is 12.4. The number of hydrogen-bond donors (Lipinski definition) is 1. The highest BCUT2D eigenvalue weighted by atomic mass is 35.5. The molecule has 0 unspecified atom stereocenters. The maximum Gasteiger partial charge on any atom is 0.341 e. The lowest BCUT2D eigenvalue weighted by Gasteiger charge is -2.09. The lowest BCUT2D eigenvalue weighted by atomic mass is 10.3. The molecular weight excluding hydrogens is 390 g/mol. The number of ether oxygens (including phenoxy) is 1. The second-order valence-corrected chi connectivity index (χ2v) is 6.77. The first-order chi connectivity index (χ1) is 13.0. The molecule has 0 atom stereocenters. The molecule has 0 aliphatic carbocycles. The van der Waals surface area contributed by atoms with Gasteiger partial charge in [0.05, 0.1) is 10.6 Å². The Morgan fingerprint density at radius 2 is 2.07 bits per heavy atom. The van der Waals surface area contributed by atoms with Gasteiger partial charge in [0.2, 0.25) is 0 Å². The maximum absolute atomic E-state index is 12.4. The minimum Gasteiger partial charge on any atom is -0.452 e. The molecule has 0 saturated heterocycles. The second-order valence-electron chi connectivity index (χ2n) is 5.34. The number of halogens is 1. The smallest absolute Gasteiger partial charge is 0.341 e. The van der Waals surface area contributed by atoms with Gasteiger partial charge in [-0.1, -0.05) is 40.7 Å². The molecule has 1 aromatic carbocycles. The highest BCUT2D eigenvalue weighted by Crippen LogP contribution is 2.33. The number of carbonyl (C=O) groups is 2. The van der Waals surface area contributed by atoms with E-state index >= 15 is 0 Å². The van der Waals surface area contributed by atoms with Crippen LogP contribution in [0.5, 0.6) is 0 Å². The summed E-state index contributed by atoms with van der Waals surface area (Å²) in [5, 5.41) is 7.09. The van der Waals surface area contributed by atoms with Gasteiger partial charge in [0.15, 0.2) is 12.4 Å². The normalized spacial score (nSPS) is 10.4. The number of aryl methyl sites for hydroxylation is 1. The number of nitrogens with one attached hydrogen (secondary N) is 1. The number of benzene rings is 1. The molecule has 0 spiro atoms. The zero-order valence-electron chi connectivity index (χ0n) is 14.1. The molecule has 1 amide bonds. The molecule has 0 bridgehead atoms. The Kier molecular flexibility index (Phi) is 6.10. The summed E-state index contributed by atoms with van der Waals surface area (Å²) in [6.07, 6.45) is 1.57. The van der Waals surface area contributed by atoms with Crippen molar-refractivity contribution >= 4 is 41.1 Å². The Labute approximate surface area is 164 Å². The minimum absolute atomic E-state index is 0.243. The third-order valence-corrected chi connectivity index (χ3v) is 4.80. The first-order valence-electron chi connectivity index (χ1n) is 7.80. The Morgan fingerprint density at radius 1 is 1.26 bits per heavy atom. The van der Waals surface area contributed by atoms with Gasteiger partial charge in [0.1, 0.15) is 10.8 Å². The van der Waals surface area contributed by atoms with Crippen LogP contribution in [-0.4, -0.2) is 28.6 Å². The van der Waals surface area contributed by atoms with E-state index in [1.165, 1.54) is 11.8 Å². The molecule has 27 heavy (non-hydrogen) atoms. The number of rotatable bonds is 6.